The van der Waals surface area contributed by atoms with Crippen molar-refractivity contribution >= 4 is 12.1 Å². The van der Waals surface area contributed by atoms with Crippen molar-refractivity contribution in [1.82, 2.24) is 9.88 Å². The highest BCUT2D eigenvalue weighted by atomic mass is 16.6. The molecule has 6 heteroatoms. The van der Waals surface area contributed by atoms with E-state index in [1.54, 1.807) is 49.9 Å². The fourth-order valence-electron chi connectivity index (χ4n) is 1.34. The maximum atomic E-state index is 11.5. The summed E-state index contributed by atoms with van der Waals surface area (Å²) in [5.74, 6) is -1.10. The number of carboxylic acid groups (broad SMARTS) is 1. The van der Waals surface area contributed by atoms with Crippen LogP contribution in [-0.2, 0) is 16.1 Å². The van der Waals surface area contributed by atoms with Gasteiger partial charge in [0.1, 0.15) is 11.6 Å². The Labute approximate surface area is 106 Å². The Hall–Kier alpha value is -1.98. The van der Waals surface area contributed by atoms with Gasteiger partial charge in [-0.05, 0) is 32.9 Å². The van der Waals surface area contributed by atoms with Gasteiger partial charge in [-0.25, -0.2) is 9.59 Å². The third kappa shape index (κ3) is 4.90. The minimum Gasteiger partial charge on any atom is -0.480 e. The zero-order chi connectivity index (χ0) is 13.8. The van der Waals surface area contributed by atoms with Crippen molar-refractivity contribution < 1.29 is 19.4 Å². The van der Waals surface area contributed by atoms with E-state index in [4.69, 9.17) is 9.84 Å². The predicted octanol–water partition coefficient (Wildman–Crippen LogP) is 1.47. The first-order chi connectivity index (χ1) is 8.28. The van der Waals surface area contributed by atoms with Gasteiger partial charge >= 0.3 is 12.1 Å². The number of alkyl carbamates (subject to hydrolysis) is 1. The number of amides is 1. The van der Waals surface area contributed by atoms with E-state index >= 15 is 0 Å². The van der Waals surface area contributed by atoms with Crippen LogP contribution in [0.5, 0.6) is 0 Å². The van der Waals surface area contributed by atoms with Gasteiger partial charge < -0.3 is 19.7 Å². The Bertz CT molecular complexity index is 406. The van der Waals surface area contributed by atoms with E-state index < -0.39 is 23.7 Å². The number of carbonyl (C=O) groups excluding carboxylic acids is 1. The number of aromatic nitrogens is 1. The van der Waals surface area contributed by atoms with Gasteiger partial charge in [0.05, 0.1) is 6.54 Å². The molecule has 1 atom stereocenters. The number of aliphatic carboxylic acids is 1. The Morgan fingerprint density at radius 1 is 1.33 bits per heavy atom. The number of hydrogen-bond acceptors (Lipinski definition) is 3. The molecule has 0 aliphatic heterocycles. The van der Waals surface area contributed by atoms with Crippen molar-refractivity contribution in [3.8, 4) is 0 Å². The number of rotatable bonds is 4. The van der Waals surface area contributed by atoms with Crippen LogP contribution in [0.3, 0.4) is 0 Å². The van der Waals surface area contributed by atoms with Crippen LogP contribution in [0.25, 0.3) is 0 Å². The molecular weight excluding hydrogens is 236 g/mol. The molecule has 0 bridgehead atoms. The first-order valence-corrected chi connectivity index (χ1v) is 5.61. The molecule has 0 aromatic carbocycles. The molecule has 6 nitrogen and oxygen atoms in total. The van der Waals surface area contributed by atoms with Gasteiger partial charge in [-0.3, -0.25) is 0 Å². The summed E-state index contributed by atoms with van der Waals surface area (Å²) in [4.78, 5) is 22.5. The van der Waals surface area contributed by atoms with Crippen LogP contribution in [0.2, 0.25) is 0 Å². The van der Waals surface area contributed by atoms with E-state index in [2.05, 4.69) is 5.32 Å². The molecule has 0 spiro atoms. The maximum absolute atomic E-state index is 11.5. The normalized spacial score (nSPS) is 12.8. The lowest BCUT2D eigenvalue weighted by molar-refractivity contribution is -0.139. The SMILES string of the molecule is CC(C)(C)OC(=O)N[C@@H](Cn1cccc1)C(=O)O. The van der Waals surface area contributed by atoms with Crippen molar-refractivity contribution in [2.45, 2.75) is 39.0 Å². The third-order valence-corrected chi connectivity index (χ3v) is 2.05. The van der Waals surface area contributed by atoms with Crippen molar-refractivity contribution in [1.29, 1.82) is 0 Å². The van der Waals surface area contributed by atoms with Gasteiger partial charge in [-0.15, -0.1) is 0 Å². The summed E-state index contributed by atoms with van der Waals surface area (Å²) in [6.45, 7) is 5.30. The monoisotopic (exact) mass is 254 g/mol. The zero-order valence-electron chi connectivity index (χ0n) is 10.7. The molecular formula is C12H18N2O4. The van der Waals surface area contributed by atoms with E-state index in [9.17, 15) is 9.59 Å². The molecule has 0 aliphatic carbocycles. The molecule has 0 radical (unpaired) electrons. The van der Waals surface area contributed by atoms with Crippen LogP contribution in [0.1, 0.15) is 20.8 Å². The topological polar surface area (TPSA) is 80.6 Å². The van der Waals surface area contributed by atoms with Gasteiger partial charge in [-0.2, -0.15) is 0 Å². The van der Waals surface area contributed by atoms with Crippen LogP contribution in [0, 0.1) is 0 Å². The Kier molecular flexibility index (Phi) is 4.36. The first kappa shape index (κ1) is 14.1. The number of ether oxygens (including phenoxy) is 1. The minimum atomic E-state index is -1.10. The lowest BCUT2D eigenvalue weighted by Gasteiger charge is -2.22. The van der Waals surface area contributed by atoms with Crippen molar-refractivity contribution in [2.24, 2.45) is 0 Å². The summed E-state index contributed by atoms with van der Waals surface area (Å²) in [5, 5.41) is 11.4. The standard InChI is InChI=1S/C12H18N2O4/c1-12(2,3)18-11(17)13-9(10(15)16)8-14-6-4-5-7-14/h4-7,9H,8H2,1-3H3,(H,13,17)(H,15,16)/t9-/m0/s1. The second-order valence-electron chi connectivity index (χ2n) is 4.92. The summed E-state index contributed by atoms with van der Waals surface area (Å²) >= 11 is 0. The third-order valence-electron chi connectivity index (χ3n) is 2.05. The molecule has 0 saturated carbocycles. The molecule has 0 unspecified atom stereocenters. The second-order valence-corrected chi connectivity index (χ2v) is 4.92. The molecule has 0 fully saturated rings. The Balaban J connectivity index is 2.58. The lowest BCUT2D eigenvalue weighted by atomic mass is 10.2. The van der Waals surface area contributed by atoms with E-state index in [-0.39, 0.29) is 6.54 Å². The summed E-state index contributed by atoms with van der Waals surface area (Å²) in [5.41, 5.74) is -0.652. The number of hydrogen-bond donors (Lipinski definition) is 2. The van der Waals surface area contributed by atoms with Crippen molar-refractivity contribution in [3.63, 3.8) is 0 Å². The van der Waals surface area contributed by atoms with E-state index in [0.29, 0.717) is 0 Å². The predicted molar refractivity (Wildman–Crippen MR) is 65.2 cm³/mol. The zero-order valence-corrected chi connectivity index (χ0v) is 10.7. The number of nitrogens with zero attached hydrogens (tertiary/aromatic N) is 1. The first-order valence-electron chi connectivity index (χ1n) is 5.61. The summed E-state index contributed by atoms with van der Waals surface area (Å²) in [6, 6.07) is 2.55. The largest absolute Gasteiger partial charge is 0.480 e. The van der Waals surface area contributed by atoms with Crippen LogP contribution in [0.4, 0.5) is 4.79 Å². The molecule has 0 aliphatic rings. The average molecular weight is 254 g/mol. The van der Waals surface area contributed by atoms with Gasteiger partial charge in [0.15, 0.2) is 0 Å². The minimum absolute atomic E-state index is 0.154. The highest BCUT2D eigenvalue weighted by Crippen LogP contribution is 2.07. The van der Waals surface area contributed by atoms with E-state index in [1.165, 1.54) is 0 Å². The average Bonchev–Trinajstić information content (AvgIpc) is 2.66. The van der Waals surface area contributed by atoms with Gasteiger partial charge in [-0.1, -0.05) is 0 Å². The molecule has 100 valence electrons. The second kappa shape index (κ2) is 5.57. The van der Waals surface area contributed by atoms with Gasteiger partial charge in [0.2, 0.25) is 0 Å². The van der Waals surface area contributed by atoms with Crippen LogP contribution < -0.4 is 5.32 Å². The highest BCUT2D eigenvalue weighted by Gasteiger charge is 2.23. The van der Waals surface area contributed by atoms with Crippen molar-refractivity contribution in [2.75, 3.05) is 0 Å². The van der Waals surface area contributed by atoms with Gasteiger partial charge in [0.25, 0.3) is 0 Å². The molecule has 0 saturated heterocycles. The summed E-state index contributed by atoms with van der Waals surface area (Å²) in [7, 11) is 0. The van der Waals surface area contributed by atoms with E-state index in [0.717, 1.165) is 0 Å². The molecule has 18 heavy (non-hydrogen) atoms. The Morgan fingerprint density at radius 2 is 1.89 bits per heavy atom. The van der Waals surface area contributed by atoms with Crippen LogP contribution >= 0.6 is 0 Å². The fraction of sp³-hybridized carbons (Fsp3) is 0.500. The number of carbonyl (C=O) groups is 2. The van der Waals surface area contributed by atoms with Crippen LogP contribution in [-0.4, -0.2) is 33.4 Å². The fourth-order valence-corrected chi connectivity index (χ4v) is 1.34. The molecule has 1 aromatic rings. The lowest BCUT2D eigenvalue weighted by Crippen LogP contribution is -2.45. The smallest absolute Gasteiger partial charge is 0.408 e. The van der Waals surface area contributed by atoms with Crippen LogP contribution in [0.15, 0.2) is 24.5 Å². The number of carboxylic acids is 1. The molecule has 1 rings (SSSR count). The molecule has 2 N–H and O–H groups in total. The highest BCUT2D eigenvalue weighted by molar-refractivity contribution is 5.79. The summed E-state index contributed by atoms with van der Waals surface area (Å²) in [6.07, 6.45) is 2.72. The van der Waals surface area contributed by atoms with E-state index in [1.807, 2.05) is 0 Å². The van der Waals surface area contributed by atoms with Gasteiger partial charge in [0, 0.05) is 12.4 Å². The quantitative estimate of drug-likeness (QED) is 0.852. The summed E-state index contributed by atoms with van der Waals surface area (Å²) < 4.78 is 6.69. The molecule has 1 amide bonds. The molecule has 1 aromatic heterocycles. The maximum Gasteiger partial charge on any atom is 0.408 e. The Morgan fingerprint density at radius 3 is 2.33 bits per heavy atom. The van der Waals surface area contributed by atoms with Crippen molar-refractivity contribution in [3.05, 3.63) is 24.5 Å². The molecule has 1 heterocycles. The number of nitrogens with one attached hydrogen (secondary N) is 1.